The molecule has 0 aliphatic heterocycles. The molecule has 1 aromatic carbocycles. The van der Waals surface area contributed by atoms with Crippen molar-refractivity contribution in [3.63, 3.8) is 0 Å². The van der Waals surface area contributed by atoms with E-state index in [-0.39, 0.29) is 30.8 Å². The van der Waals surface area contributed by atoms with Crippen molar-refractivity contribution < 1.29 is 9.59 Å². The van der Waals surface area contributed by atoms with Gasteiger partial charge >= 0.3 is 0 Å². The summed E-state index contributed by atoms with van der Waals surface area (Å²) in [6.07, 6.45) is 4.42. The molecule has 2 rings (SSSR count). The van der Waals surface area contributed by atoms with Gasteiger partial charge in [0.05, 0.1) is 12.1 Å². The highest BCUT2D eigenvalue weighted by Gasteiger charge is 2.35. The third-order valence-electron chi connectivity index (χ3n) is 4.08. The van der Waals surface area contributed by atoms with Crippen LogP contribution in [0.1, 0.15) is 37.7 Å². The topological polar surface area (TPSA) is 84.2 Å². The van der Waals surface area contributed by atoms with E-state index in [0.717, 1.165) is 35.0 Å². The lowest BCUT2D eigenvalue weighted by Crippen LogP contribution is -2.56. The summed E-state index contributed by atoms with van der Waals surface area (Å²) in [5.74, 6) is -0.484. The lowest BCUT2D eigenvalue weighted by Gasteiger charge is -2.31. The fraction of sp³-hybridized carbons (Fsp3) is 0.500. The van der Waals surface area contributed by atoms with Gasteiger partial charge in [0.2, 0.25) is 11.8 Å². The van der Waals surface area contributed by atoms with E-state index in [2.05, 4.69) is 26.6 Å². The minimum Gasteiger partial charge on any atom is -0.345 e. The van der Waals surface area contributed by atoms with Crippen LogP contribution in [0.3, 0.4) is 0 Å². The molecule has 0 atom stereocenters. The molecule has 1 aromatic rings. The molecular formula is C16H23BrClN3O2. The first-order valence-corrected chi connectivity index (χ1v) is 8.33. The molecule has 4 N–H and O–H groups in total. The lowest BCUT2D eigenvalue weighted by molar-refractivity contribution is -0.129. The molecule has 1 aliphatic carbocycles. The number of carbonyl (C=O) groups excluding carboxylic acids is 2. The number of anilines is 1. The van der Waals surface area contributed by atoms with Gasteiger partial charge in [0, 0.05) is 10.2 Å². The van der Waals surface area contributed by atoms with Gasteiger partial charge in [-0.15, -0.1) is 12.4 Å². The van der Waals surface area contributed by atoms with E-state index >= 15 is 0 Å². The van der Waals surface area contributed by atoms with Crippen LogP contribution in [0.2, 0.25) is 0 Å². The number of amides is 2. The van der Waals surface area contributed by atoms with Crippen LogP contribution in [-0.2, 0) is 9.59 Å². The molecule has 7 heteroatoms. The van der Waals surface area contributed by atoms with Gasteiger partial charge in [-0.1, -0.05) is 41.3 Å². The highest BCUT2D eigenvalue weighted by atomic mass is 79.9. The van der Waals surface area contributed by atoms with E-state index < -0.39 is 5.54 Å². The first kappa shape index (κ1) is 19.9. The normalized spacial score (nSPS) is 16.1. The number of rotatable bonds is 4. The molecule has 0 bridgehead atoms. The monoisotopic (exact) mass is 403 g/mol. The van der Waals surface area contributed by atoms with Gasteiger partial charge in [-0.05, 0) is 37.5 Å². The Bertz CT molecular complexity index is 574. The minimum atomic E-state index is -0.815. The van der Waals surface area contributed by atoms with E-state index in [9.17, 15) is 9.59 Å². The Kier molecular flexibility index (Phi) is 7.51. The number of nitrogens with one attached hydrogen (secondary N) is 2. The zero-order chi connectivity index (χ0) is 16.2. The highest BCUT2D eigenvalue weighted by molar-refractivity contribution is 9.10. The average Bonchev–Trinajstić information content (AvgIpc) is 2.49. The molecule has 0 aromatic heterocycles. The number of nitrogens with two attached hydrogens (primary N) is 1. The van der Waals surface area contributed by atoms with Crippen LogP contribution in [0.4, 0.5) is 5.69 Å². The van der Waals surface area contributed by atoms with Crippen LogP contribution < -0.4 is 16.4 Å². The summed E-state index contributed by atoms with van der Waals surface area (Å²) in [7, 11) is 0. The quantitative estimate of drug-likeness (QED) is 0.721. The number of halogens is 2. The summed E-state index contributed by atoms with van der Waals surface area (Å²) in [6, 6.07) is 5.66. The van der Waals surface area contributed by atoms with Gasteiger partial charge in [0.15, 0.2) is 0 Å². The molecule has 1 aliphatic rings. The Morgan fingerprint density at radius 1 is 1.26 bits per heavy atom. The molecule has 0 saturated heterocycles. The van der Waals surface area contributed by atoms with Crippen molar-refractivity contribution in [2.45, 2.75) is 44.6 Å². The number of carbonyl (C=O) groups is 2. The van der Waals surface area contributed by atoms with Crippen molar-refractivity contribution >= 4 is 45.8 Å². The van der Waals surface area contributed by atoms with E-state index in [1.165, 1.54) is 0 Å². The summed E-state index contributed by atoms with van der Waals surface area (Å²) in [6.45, 7) is 1.85. The predicted octanol–water partition coefficient (Wildman–Crippen LogP) is 2.90. The first-order chi connectivity index (χ1) is 10.4. The Morgan fingerprint density at radius 3 is 2.57 bits per heavy atom. The van der Waals surface area contributed by atoms with Crippen molar-refractivity contribution in [3.05, 3.63) is 28.2 Å². The molecule has 23 heavy (non-hydrogen) atoms. The zero-order valence-corrected chi connectivity index (χ0v) is 15.6. The van der Waals surface area contributed by atoms with E-state index in [1.807, 2.05) is 25.1 Å². The number of hydrogen-bond acceptors (Lipinski definition) is 3. The smallest absolute Gasteiger partial charge is 0.243 e. The summed E-state index contributed by atoms with van der Waals surface area (Å²) in [4.78, 5) is 24.2. The van der Waals surface area contributed by atoms with Crippen LogP contribution in [0, 0.1) is 6.92 Å². The molecule has 1 saturated carbocycles. The molecular weight excluding hydrogens is 382 g/mol. The minimum absolute atomic E-state index is 0. The number of hydrogen-bond donors (Lipinski definition) is 3. The van der Waals surface area contributed by atoms with Crippen molar-refractivity contribution in [3.8, 4) is 0 Å². The average molecular weight is 405 g/mol. The van der Waals surface area contributed by atoms with Gasteiger partial charge in [-0.3, -0.25) is 9.59 Å². The number of aryl methyl sites for hydroxylation is 1. The van der Waals surface area contributed by atoms with Crippen molar-refractivity contribution in [1.82, 2.24) is 5.32 Å². The lowest BCUT2D eigenvalue weighted by atomic mass is 9.82. The van der Waals surface area contributed by atoms with Crippen molar-refractivity contribution in [2.24, 2.45) is 5.73 Å². The molecule has 0 radical (unpaired) electrons. The standard InChI is InChI=1S/C16H22BrN3O2.ClH/c1-11-5-6-12(17)9-13(11)20-14(21)10-19-15(22)16(18)7-3-2-4-8-16;/h5-6,9H,2-4,7-8,10,18H2,1H3,(H,19,22)(H,20,21);1H. The molecule has 2 amide bonds. The van der Waals surface area contributed by atoms with Crippen LogP contribution in [0.25, 0.3) is 0 Å². The van der Waals surface area contributed by atoms with E-state index in [4.69, 9.17) is 5.73 Å². The van der Waals surface area contributed by atoms with Gasteiger partial charge in [0.25, 0.3) is 0 Å². The SMILES string of the molecule is Cc1ccc(Br)cc1NC(=O)CNC(=O)C1(N)CCCCC1.Cl. The number of benzene rings is 1. The summed E-state index contributed by atoms with van der Waals surface area (Å²) >= 11 is 3.37. The Balaban J connectivity index is 0.00000264. The van der Waals surface area contributed by atoms with Gasteiger partial charge in [0.1, 0.15) is 0 Å². The third-order valence-corrected chi connectivity index (χ3v) is 4.57. The second kappa shape index (κ2) is 8.66. The maximum absolute atomic E-state index is 12.2. The van der Waals surface area contributed by atoms with Crippen molar-refractivity contribution in [1.29, 1.82) is 0 Å². The maximum Gasteiger partial charge on any atom is 0.243 e. The second-order valence-electron chi connectivity index (χ2n) is 5.91. The maximum atomic E-state index is 12.2. The van der Waals surface area contributed by atoms with Crippen LogP contribution >= 0.6 is 28.3 Å². The van der Waals surface area contributed by atoms with Gasteiger partial charge < -0.3 is 16.4 Å². The molecule has 5 nitrogen and oxygen atoms in total. The first-order valence-electron chi connectivity index (χ1n) is 7.54. The fourth-order valence-electron chi connectivity index (χ4n) is 2.67. The third kappa shape index (κ3) is 5.48. The second-order valence-corrected chi connectivity index (χ2v) is 6.82. The summed E-state index contributed by atoms with van der Waals surface area (Å²) in [5.41, 5.74) is 7.01. The van der Waals surface area contributed by atoms with E-state index in [1.54, 1.807) is 0 Å². The predicted molar refractivity (Wildman–Crippen MR) is 97.8 cm³/mol. The summed E-state index contributed by atoms with van der Waals surface area (Å²) < 4.78 is 0.889. The Hall–Kier alpha value is -1.11. The molecule has 0 spiro atoms. The fourth-order valence-corrected chi connectivity index (χ4v) is 3.03. The molecule has 128 valence electrons. The Morgan fingerprint density at radius 2 is 1.91 bits per heavy atom. The van der Waals surface area contributed by atoms with Crippen LogP contribution in [0.5, 0.6) is 0 Å². The molecule has 0 heterocycles. The van der Waals surface area contributed by atoms with Crippen LogP contribution in [0.15, 0.2) is 22.7 Å². The van der Waals surface area contributed by atoms with Gasteiger partial charge in [-0.2, -0.15) is 0 Å². The largest absolute Gasteiger partial charge is 0.345 e. The summed E-state index contributed by atoms with van der Waals surface area (Å²) in [5, 5.41) is 5.46. The highest BCUT2D eigenvalue weighted by Crippen LogP contribution is 2.26. The zero-order valence-electron chi connectivity index (χ0n) is 13.2. The van der Waals surface area contributed by atoms with Gasteiger partial charge in [-0.25, -0.2) is 0 Å². The van der Waals surface area contributed by atoms with Crippen LogP contribution in [-0.4, -0.2) is 23.9 Å². The Labute approximate surface area is 151 Å². The molecule has 1 fully saturated rings. The van der Waals surface area contributed by atoms with E-state index in [0.29, 0.717) is 12.8 Å². The molecule has 0 unspecified atom stereocenters. The van der Waals surface area contributed by atoms with Crippen molar-refractivity contribution in [2.75, 3.05) is 11.9 Å².